The second kappa shape index (κ2) is 3.62. The van der Waals surface area contributed by atoms with Gasteiger partial charge in [0, 0.05) is 5.69 Å². The summed E-state index contributed by atoms with van der Waals surface area (Å²) in [7, 11) is 0. The Morgan fingerprint density at radius 2 is 2.31 bits per heavy atom. The van der Waals surface area contributed by atoms with Gasteiger partial charge in [0.25, 0.3) is 11.5 Å². The number of carbonyl (C=O) groups excluding carboxylic acids is 1. The Morgan fingerprint density at radius 3 is 2.77 bits per heavy atom. The highest BCUT2D eigenvalue weighted by molar-refractivity contribution is 6.31. The Bertz CT molecular complexity index is 398. The molecule has 0 saturated carbocycles. The van der Waals surface area contributed by atoms with Crippen LogP contribution < -0.4 is 11.3 Å². The molecule has 0 aliphatic rings. The zero-order valence-corrected chi connectivity index (χ0v) is 7.81. The Morgan fingerprint density at radius 1 is 1.69 bits per heavy atom. The van der Waals surface area contributed by atoms with Crippen LogP contribution in [0.1, 0.15) is 23.0 Å². The van der Waals surface area contributed by atoms with Gasteiger partial charge in [-0.1, -0.05) is 18.5 Å². The van der Waals surface area contributed by atoms with Gasteiger partial charge in [0.15, 0.2) is 0 Å². The highest BCUT2D eigenvalue weighted by atomic mass is 35.5. The average molecular weight is 201 g/mol. The van der Waals surface area contributed by atoms with Gasteiger partial charge in [0.2, 0.25) is 0 Å². The lowest BCUT2D eigenvalue weighted by Crippen LogP contribution is -2.24. The molecule has 1 amide bonds. The minimum absolute atomic E-state index is 0.109. The summed E-state index contributed by atoms with van der Waals surface area (Å²) in [5, 5.41) is 0.357. The molecule has 0 unspecified atom stereocenters. The lowest BCUT2D eigenvalue weighted by atomic mass is 10.2. The molecular weight excluding hydrogens is 192 g/mol. The molecule has 0 radical (unpaired) electrons. The molecule has 0 saturated heterocycles. The minimum atomic E-state index is -0.772. The number of nitrogens with two attached hydrogens (primary N) is 1. The maximum Gasteiger partial charge on any atom is 0.261 e. The Kier molecular flexibility index (Phi) is 2.72. The van der Waals surface area contributed by atoms with Gasteiger partial charge in [-0.05, 0) is 12.5 Å². The number of pyridine rings is 1. The summed E-state index contributed by atoms with van der Waals surface area (Å²) in [6.45, 7) is 1.85. The smallest absolute Gasteiger partial charge is 0.261 e. The van der Waals surface area contributed by atoms with Crippen LogP contribution in [0.4, 0.5) is 0 Å². The molecule has 0 atom stereocenters. The first-order chi connectivity index (χ1) is 6.06. The highest BCUT2D eigenvalue weighted by Crippen LogP contribution is 2.12. The number of primary amides is 1. The second-order valence-corrected chi connectivity index (χ2v) is 2.96. The van der Waals surface area contributed by atoms with E-state index in [1.54, 1.807) is 0 Å². The van der Waals surface area contributed by atoms with Crippen molar-refractivity contribution >= 4 is 17.5 Å². The number of aromatic nitrogens is 1. The van der Waals surface area contributed by atoms with Gasteiger partial charge in [0.05, 0.1) is 5.02 Å². The maximum atomic E-state index is 11.2. The van der Waals surface area contributed by atoms with Gasteiger partial charge in [-0.25, -0.2) is 0 Å². The van der Waals surface area contributed by atoms with E-state index >= 15 is 0 Å². The van der Waals surface area contributed by atoms with Crippen molar-refractivity contribution in [2.75, 3.05) is 0 Å². The Labute approximate surface area is 79.7 Å². The van der Waals surface area contributed by atoms with Gasteiger partial charge >= 0.3 is 0 Å². The molecule has 13 heavy (non-hydrogen) atoms. The molecule has 1 rings (SSSR count). The number of amides is 1. The van der Waals surface area contributed by atoms with Crippen molar-refractivity contribution in [1.29, 1.82) is 0 Å². The van der Waals surface area contributed by atoms with E-state index in [1.165, 1.54) is 6.07 Å². The summed E-state index contributed by atoms with van der Waals surface area (Å²) >= 11 is 5.77. The summed E-state index contributed by atoms with van der Waals surface area (Å²) in [6.07, 6.45) is 0.604. The molecule has 3 N–H and O–H groups in total. The molecule has 0 aromatic carbocycles. The van der Waals surface area contributed by atoms with Gasteiger partial charge in [-0.15, -0.1) is 0 Å². The van der Waals surface area contributed by atoms with E-state index in [2.05, 4.69) is 4.98 Å². The fourth-order valence-electron chi connectivity index (χ4n) is 0.984. The van der Waals surface area contributed by atoms with Crippen LogP contribution in [0, 0.1) is 0 Å². The average Bonchev–Trinajstić information content (AvgIpc) is 2.07. The van der Waals surface area contributed by atoms with E-state index in [0.29, 0.717) is 17.1 Å². The van der Waals surface area contributed by atoms with Crippen LogP contribution in [0.3, 0.4) is 0 Å². The summed E-state index contributed by atoms with van der Waals surface area (Å²) < 4.78 is 0. The number of aromatic amines is 1. The van der Waals surface area contributed by atoms with Crippen LogP contribution in [0.15, 0.2) is 10.9 Å². The predicted molar refractivity (Wildman–Crippen MR) is 50.0 cm³/mol. The molecular formula is C8H9ClN2O2. The van der Waals surface area contributed by atoms with Gasteiger partial charge < -0.3 is 10.7 Å². The maximum absolute atomic E-state index is 11.2. The third-order valence-corrected chi connectivity index (χ3v) is 2.02. The molecule has 0 spiro atoms. The fourth-order valence-corrected chi connectivity index (χ4v) is 1.27. The highest BCUT2D eigenvalue weighted by Gasteiger charge is 2.09. The van der Waals surface area contributed by atoms with Crippen LogP contribution in [-0.2, 0) is 6.42 Å². The summed E-state index contributed by atoms with van der Waals surface area (Å²) in [6, 6.07) is 1.29. The topological polar surface area (TPSA) is 75.9 Å². The van der Waals surface area contributed by atoms with Crippen LogP contribution in [-0.4, -0.2) is 10.9 Å². The Balaban J connectivity index is 3.37. The first kappa shape index (κ1) is 9.80. The molecule has 0 aliphatic heterocycles. The number of hydrogen-bond acceptors (Lipinski definition) is 2. The molecule has 0 aliphatic carbocycles. The summed E-state index contributed by atoms with van der Waals surface area (Å²) in [5.74, 6) is -0.772. The van der Waals surface area contributed by atoms with Gasteiger partial charge in [-0.3, -0.25) is 9.59 Å². The van der Waals surface area contributed by atoms with Gasteiger partial charge in [0.1, 0.15) is 5.56 Å². The van der Waals surface area contributed by atoms with E-state index in [4.69, 9.17) is 17.3 Å². The molecule has 1 aromatic heterocycles. The molecule has 0 fully saturated rings. The fraction of sp³-hybridized carbons (Fsp3) is 0.250. The number of halogens is 1. The van der Waals surface area contributed by atoms with E-state index < -0.39 is 11.5 Å². The molecule has 1 heterocycles. The molecule has 1 aromatic rings. The predicted octanol–water partition coefficient (Wildman–Crippen LogP) is 0.690. The third kappa shape index (κ3) is 1.89. The van der Waals surface area contributed by atoms with Crippen LogP contribution in [0.5, 0.6) is 0 Å². The number of H-pyrrole nitrogens is 1. The van der Waals surface area contributed by atoms with Crippen molar-refractivity contribution in [1.82, 2.24) is 4.98 Å². The van der Waals surface area contributed by atoms with Crippen molar-refractivity contribution < 1.29 is 4.79 Å². The Hall–Kier alpha value is -1.29. The number of rotatable bonds is 2. The normalized spacial score (nSPS) is 10.0. The van der Waals surface area contributed by atoms with Crippen LogP contribution in [0.2, 0.25) is 5.02 Å². The first-order valence-electron chi connectivity index (χ1n) is 3.77. The lowest BCUT2D eigenvalue weighted by molar-refractivity contribution is 0.0999. The largest absolute Gasteiger partial charge is 0.365 e. The van der Waals surface area contributed by atoms with Gasteiger partial charge in [-0.2, -0.15) is 0 Å². The number of aryl methyl sites for hydroxylation is 1. The lowest BCUT2D eigenvalue weighted by Gasteiger charge is -2.01. The van der Waals surface area contributed by atoms with E-state index in [9.17, 15) is 9.59 Å². The van der Waals surface area contributed by atoms with Crippen molar-refractivity contribution in [3.8, 4) is 0 Å². The van der Waals surface area contributed by atoms with Crippen molar-refractivity contribution in [2.45, 2.75) is 13.3 Å². The molecule has 70 valence electrons. The monoisotopic (exact) mass is 200 g/mol. The third-order valence-electron chi connectivity index (χ3n) is 1.69. The van der Waals surface area contributed by atoms with E-state index in [0.717, 1.165) is 0 Å². The standard InChI is InChI=1S/C8H9ClN2O2/c1-2-6-5(9)3-4(7(10)12)8(13)11-6/h3H,2H2,1H3,(H2,10,12)(H,11,13). The quantitative estimate of drug-likeness (QED) is 0.737. The van der Waals surface area contributed by atoms with Crippen molar-refractivity contribution in [3.05, 3.63) is 32.7 Å². The van der Waals surface area contributed by atoms with Crippen LogP contribution in [0.25, 0.3) is 0 Å². The number of carbonyl (C=O) groups is 1. The van der Waals surface area contributed by atoms with Crippen LogP contribution >= 0.6 is 11.6 Å². The van der Waals surface area contributed by atoms with Crippen molar-refractivity contribution in [2.24, 2.45) is 5.73 Å². The second-order valence-electron chi connectivity index (χ2n) is 2.56. The number of hydrogen-bond donors (Lipinski definition) is 2. The molecule has 4 nitrogen and oxygen atoms in total. The summed E-state index contributed by atoms with van der Waals surface area (Å²) in [5.41, 5.74) is 4.96. The van der Waals surface area contributed by atoms with E-state index in [1.807, 2.05) is 6.92 Å². The molecule has 5 heteroatoms. The summed E-state index contributed by atoms with van der Waals surface area (Å²) in [4.78, 5) is 24.4. The zero-order chi connectivity index (χ0) is 10.0. The first-order valence-corrected chi connectivity index (χ1v) is 4.15. The SMILES string of the molecule is CCc1[nH]c(=O)c(C(N)=O)cc1Cl. The zero-order valence-electron chi connectivity index (χ0n) is 7.06. The number of nitrogens with one attached hydrogen (secondary N) is 1. The molecule has 0 bridgehead atoms. The van der Waals surface area contributed by atoms with E-state index in [-0.39, 0.29) is 5.56 Å². The van der Waals surface area contributed by atoms with Crippen molar-refractivity contribution in [3.63, 3.8) is 0 Å². The minimum Gasteiger partial charge on any atom is -0.365 e.